The maximum Gasteiger partial charge on any atom is 0.341 e. The second-order valence-corrected chi connectivity index (χ2v) is 10.9. The molecule has 0 atom stereocenters. The Morgan fingerprint density at radius 1 is 1.00 bits per heavy atom. The Morgan fingerprint density at radius 2 is 1.72 bits per heavy atom. The number of rotatable bonds is 9. The molecule has 0 saturated heterocycles. The highest BCUT2D eigenvalue weighted by atomic mass is 32.2. The van der Waals surface area contributed by atoms with Crippen LogP contribution in [0.5, 0.6) is 11.5 Å². The first-order valence-electron chi connectivity index (χ1n) is 11.1. The van der Waals surface area contributed by atoms with Crippen LogP contribution in [-0.4, -0.2) is 48.2 Å². The number of fused-ring (bicyclic) bond motifs is 1. The van der Waals surface area contributed by atoms with E-state index in [2.05, 4.69) is 5.32 Å². The summed E-state index contributed by atoms with van der Waals surface area (Å²) in [5, 5.41) is 3.11. The van der Waals surface area contributed by atoms with E-state index in [9.17, 15) is 18.0 Å². The molecule has 11 heteroatoms. The second-order valence-electron chi connectivity index (χ2n) is 7.97. The molecule has 1 aromatic heterocycles. The van der Waals surface area contributed by atoms with Gasteiger partial charge < -0.3 is 19.5 Å². The van der Waals surface area contributed by atoms with E-state index in [1.54, 1.807) is 24.3 Å². The largest absolute Gasteiger partial charge is 0.493 e. The number of aryl methyl sites for hydroxylation is 1. The number of sulfonamides is 1. The Balaban J connectivity index is 1.70. The van der Waals surface area contributed by atoms with Crippen LogP contribution in [0.25, 0.3) is 0 Å². The van der Waals surface area contributed by atoms with Crippen molar-refractivity contribution >= 4 is 43.9 Å². The van der Waals surface area contributed by atoms with Crippen LogP contribution >= 0.6 is 11.3 Å². The lowest BCUT2D eigenvalue weighted by Crippen LogP contribution is -2.38. The Hall–Kier alpha value is -3.57. The molecule has 1 aliphatic rings. The van der Waals surface area contributed by atoms with Crippen LogP contribution in [0.3, 0.4) is 0 Å². The molecule has 3 aromatic rings. The van der Waals surface area contributed by atoms with E-state index in [-0.39, 0.29) is 10.6 Å². The molecule has 190 valence electrons. The monoisotopic (exact) mass is 530 g/mol. The zero-order chi connectivity index (χ0) is 25.9. The molecular formula is C25H26N2O7S2. The fourth-order valence-corrected chi connectivity index (χ4v) is 6.85. The number of carbonyl (C=O) groups excluding carboxylic acids is 2. The predicted octanol–water partition coefficient (Wildman–Crippen LogP) is 3.87. The summed E-state index contributed by atoms with van der Waals surface area (Å²) in [6.45, 7) is -0.532. The van der Waals surface area contributed by atoms with Gasteiger partial charge in [0.2, 0.25) is 5.91 Å². The van der Waals surface area contributed by atoms with E-state index in [0.29, 0.717) is 22.1 Å². The van der Waals surface area contributed by atoms with Gasteiger partial charge in [-0.15, -0.1) is 11.3 Å². The first kappa shape index (κ1) is 25.5. The Morgan fingerprint density at radius 3 is 2.39 bits per heavy atom. The SMILES string of the molecule is COC(=O)c1c(NC(=O)CN(c2ccc(OC)c(OC)c2)S(=O)(=O)c2ccccc2)sc2c1CCC2. The summed E-state index contributed by atoms with van der Waals surface area (Å²) in [5.74, 6) is -0.405. The third-order valence-corrected chi connectivity index (χ3v) is 8.83. The highest BCUT2D eigenvalue weighted by molar-refractivity contribution is 7.92. The highest BCUT2D eigenvalue weighted by Gasteiger charge is 2.31. The molecule has 4 rings (SSSR count). The maximum atomic E-state index is 13.6. The van der Waals surface area contributed by atoms with Crippen molar-refractivity contribution in [2.75, 3.05) is 37.5 Å². The average Bonchev–Trinajstić information content (AvgIpc) is 3.47. The van der Waals surface area contributed by atoms with Crippen molar-refractivity contribution < 1.29 is 32.2 Å². The van der Waals surface area contributed by atoms with Gasteiger partial charge in [0.05, 0.1) is 37.5 Å². The number of nitrogens with one attached hydrogen (secondary N) is 1. The zero-order valence-electron chi connectivity index (χ0n) is 20.1. The smallest absolute Gasteiger partial charge is 0.341 e. The third kappa shape index (κ3) is 4.89. The van der Waals surface area contributed by atoms with Crippen molar-refractivity contribution in [2.24, 2.45) is 0 Å². The van der Waals surface area contributed by atoms with Gasteiger partial charge in [-0.05, 0) is 49.1 Å². The minimum Gasteiger partial charge on any atom is -0.493 e. The number of nitrogens with zero attached hydrogens (tertiary/aromatic N) is 1. The molecule has 9 nitrogen and oxygen atoms in total. The van der Waals surface area contributed by atoms with Crippen LogP contribution in [0.2, 0.25) is 0 Å². The summed E-state index contributed by atoms with van der Waals surface area (Å²) < 4.78 is 43.8. The van der Waals surface area contributed by atoms with Gasteiger partial charge in [0.15, 0.2) is 11.5 Å². The van der Waals surface area contributed by atoms with Gasteiger partial charge in [-0.3, -0.25) is 9.10 Å². The fraction of sp³-hybridized carbons (Fsp3) is 0.280. The van der Waals surface area contributed by atoms with E-state index in [1.165, 1.54) is 56.9 Å². The lowest BCUT2D eigenvalue weighted by Gasteiger charge is -2.25. The van der Waals surface area contributed by atoms with Crippen molar-refractivity contribution in [3.05, 3.63) is 64.5 Å². The van der Waals surface area contributed by atoms with Crippen molar-refractivity contribution in [1.82, 2.24) is 0 Å². The third-order valence-electron chi connectivity index (χ3n) is 5.84. The Bertz CT molecular complexity index is 1380. The molecule has 0 bridgehead atoms. The van der Waals surface area contributed by atoms with Crippen LogP contribution in [0.1, 0.15) is 27.2 Å². The number of benzene rings is 2. The normalized spacial score (nSPS) is 12.5. The van der Waals surface area contributed by atoms with Crippen LogP contribution in [0.15, 0.2) is 53.4 Å². The maximum absolute atomic E-state index is 13.6. The van der Waals surface area contributed by atoms with Gasteiger partial charge >= 0.3 is 5.97 Å². The fourth-order valence-electron chi connectivity index (χ4n) is 4.12. The molecule has 0 radical (unpaired) electrons. The molecule has 0 spiro atoms. The molecule has 1 aliphatic carbocycles. The number of methoxy groups -OCH3 is 3. The quantitative estimate of drug-likeness (QED) is 0.418. The number of hydrogen-bond donors (Lipinski definition) is 1. The molecule has 2 aromatic carbocycles. The molecule has 0 saturated carbocycles. The van der Waals surface area contributed by atoms with Gasteiger partial charge in [-0.25, -0.2) is 13.2 Å². The standard InChI is InChI=1S/C25H26N2O7S2/c1-32-19-13-12-16(14-20(19)33-2)27(36(30,31)17-8-5-4-6-9-17)15-22(28)26-24-23(25(29)34-3)18-10-7-11-21(18)35-24/h4-6,8-9,12-14H,7,10-11,15H2,1-3H3,(H,26,28). The van der Waals surface area contributed by atoms with Crippen LogP contribution < -0.4 is 19.1 Å². The Kier molecular flexibility index (Phi) is 7.51. The summed E-state index contributed by atoms with van der Waals surface area (Å²) in [6.07, 6.45) is 2.48. The minimum atomic E-state index is -4.13. The number of ether oxygens (including phenoxy) is 3. The number of thiophene rings is 1. The van der Waals surface area contributed by atoms with E-state index < -0.39 is 28.4 Å². The van der Waals surface area contributed by atoms with Crippen LogP contribution in [-0.2, 0) is 32.4 Å². The van der Waals surface area contributed by atoms with Crippen molar-refractivity contribution in [1.29, 1.82) is 0 Å². The van der Waals surface area contributed by atoms with Crippen molar-refractivity contribution in [3.63, 3.8) is 0 Å². The van der Waals surface area contributed by atoms with Gasteiger partial charge in [0.1, 0.15) is 11.5 Å². The number of carbonyl (C=O) groups is 2. The summed E-state index contributed by atoms with van der Waals surface area (Å²) in [6, 6.07) is 12.4. The van der Waals surface area contributed by atoms with E-state index >= 15 is 0 Å². The van der Waals surface area contributed by atoms with Crippen molar-refractivity contribution in [2.45, 2.75) is 24.2 Å². The number of esters is 1. The van der Waals surface area contributed by atoms with E-state index in [1.807, 2.05) is 0 Å². The average molecular weight is 531 g/mol. The molecule has 1 N–H and O–H groups in total. The summed E-state index contributed by atoms with van der Waals surface area (Å²) in [5.41, 5.74) is 1.44. The molecule has 0 fully saturated rings. The molecular weight excluding hydrogens is 504 g/mol. The van der Waals surface area contributed by atoms with Gasteiger partial charge in [0.25, 0.3) is 10.0 Å². The molecule has 1 heterocycles. The summed E-state index contributed by atoms with van der Waals surface area (Å²) in [4.78, 5) is 26.7. The van der Waals surface area contributed by atoms with Crippen LogP contribution in [0.4, 0.5) is 10.7 Å². The molecule has 0 unspecified atom stereocenters. The van der Waals surface area contributed by atoms with Gasteiger partial charge in [-0.1, -0.05) is 18.2 Å². The lowest BCUT2D eigenvalue weighted by molar-refractivity contribution is -0.114. The molecule has 0 aliphatic heterocycles. The highest BCUT2D eigenvalue weighted by Crippen LogP contribution is 2.40. The van der Waals surface area contributed by atoms with E-state index in [4.69, 9.17) is 14.2 Å². The molecule has 1 amide bonds. The first-order chi connectivity index (χ1) is 17.3. The number of anilines is 2. The summed E-state index contributed by atoms with van der Waals surface area (Å²) in [7, 11) is 0.0763. The lowest BCUT2D eigenvalue weighted by atomic mass is 10.1. The second kappa shape index (κ2) is 10.6. The van der Waals surface area contributed by atoms with Gasteiger partial charge in [0, 0.05) is 10.9 Å². The van der Waals surface area contributed by atoms with Crippen molar-refractivity contribution in [3.8, 4) is 11.5 Å². The van der Waals surface area contributed by atoms with E-state index in [0.717, 1.165) is 34.0 Å². The minimum absolute atomic E-state index is 0.0259. The van der Waals surface area contributed by atoms with Crippen LogP contribution in [0, 0.1) is 0 Å². The zero-order valence-corrected chi connectivity index (χ0v) is 21.7. The Labute approximate surface area is 213 Å². The van der Waals surface area contributed by atoms with Gasteiger partial charge in [-0.2, -0.15) is 0 Å². The number of hydrogen-bond acceptors (Lipinski definition) is 8. The number of amides is 1. The molecule has 36 heavy (non-hydrogen) atoms. The predicted molar refractivity (Wildman–Crippen MR) is 137 cm³/mol. The first-order valence-corrected chi connectivity index (χ1v) is 13.4. The topological polar surface area (TPSA) is 111 Å². The summed E-state index contributed by atoms with van der Waals surface area (Å²) >= 11 is 1.32.